The maximum Gasteiger partial charge on any atom is 0.341 e. The van der Waals surface area contributed by atoms with Gasteiger partial charge in [0, 0.05) is 17.8 Å². The standard InChI is InChI=1S/C28H27NO5S/c30-28(31)19-34-27-16-8-14-24-23(13-7-15-25(24)27)17-18-29-35(32,33)20-26(21-9-3-1-4-10-21)22-11-5-2-6-12-22/h1-16,26,29H,17-20H2,(H,30,31). The molecule has 4 aromatic rings. The molecule has 0 radical (unpaired) electrons. The Balaban J connectivity index is 1.47. The first-order valence-electron chi connectivity index (χ1n) is 11.4. The lowest BCUT2D eigenvalue weighted by atomic mass is 9.93. The predicted molar refractivity (Wildman–Crippen MR) is 137 cm³/mol. The topological polar surface area (TPSA) is 92.7 Å². The van der Waals surface area contributed by atoms with E-state index in [1.807, 2.05) is 84.9 Å². The Morgan fingerprint density at radius 3 is 2.03 bits per heavy atom. The molecule has 0 aliphatic rings. The van der Waals surface area contributed by atoms with Crippen molar-refractivity contribution >= 4 is 26.8 Å². The Labute approximate surface area is 205 Å². The molecule has 0 atom stereocenters. The molecular weight excluding hydrogens is 462 g/mol. The molecule has 6 nitrogen and oxygen atoms in total. The van der Waals surface area contributed by atoms with E-state index in [9.17, 15) is 13.2 Å². The number of hydrogen-bond donors (Lipinski definition) is 2. The summed E-state index contributed by atoms with van der Waals surface area (Å²) in [6, 6.07) is 30.4. The van der Waals surface area contributed by atoms with Crippen molar-refractivity contribution in [3.8, 4) is 5.75 Å². The van der Waals surface area contributed by atoms with E-state index in [2.05, 4.69) is 4.72 Å². The van der Waals surface area contributed by atoms with Crippen LogP contribution in [0.2, 0.25) is 0 Å². The van der Waals surface area contributed by atoms with Gasteiger partial charge in [0.1, 0.15) is 5.75 Å². The van der Waals surface area contributed by atoms with Crippen LogP contribution < -0.4 is 9.46 Å². The molecule has 4 rings (SSSR count). The van der Waals surface area contributed by atoms with Crippen LogP contribution in [0.3, 0.4) is 0 Å². The van der Waals surface area contributed by atoms with Crippen LogP contribution >= 0.6 is 0 Å². The fraction of sp³-hybridized carbons (Fsp3) is 0.179. The Morgan fingerprint density at radius 1 is 0.800 bits per heavy atom. The van der Waals surface area contributed by atoms with Crippen molar-refractivity contribution in [3.05, 3.63) is 114 Å². The summed E-state index contributed by atoms with van der Waals surface area (Å²) >= 11 is 0. The predicted octanol–water partition coefficient (Wildman–Crippen LogP) is 4.60. The second-order valence-electron chi connectivity index (χ2n) is 8.25. The van der Waals surface area contributed by atoms with E-state index in [1.165, 1.54) is 0 Å². The van der Waals surface area contributed by atoms with Gasteiger partial charge < -0.3 is 9.84 Å². The van der Waals surface area contributed by atoms with Crippen molar-refractivity contribution in [1.29, 1.82) is 0 Å². The number of aliphatic carboxylic acids is 1. The number of benzene rings is 4. The lowest BCUT2D eigenvalue weighted by molar-refractivity contribution is -0.139. The van der Waals surface area contributed by atoms with E-state index >= 15 is 0 Å². The minimum Gasteiger partial charge on any atom is -0.481 e. The first-order chi connectivity index (χ1) is 16.9. The highest BCUT2D eigenvalue weighted by Crippen LogP contribution is 2.29. The van der Waals surface area contributed by atoms with Gasteiger partial charge in [-0.15, -0.1) is 0 Å². The fourth-order valence-corrected chi connectivity index (χ4v) is 5.56. The summed E-state index contributed by atoms with van der Waals surface area (Å²) in [5, 5.41) is 10.6. The highest BCUT2D eigenvalue weighted by atomic mass is 32.2. The summed E-state index contributed by atoms with van der Waals surface area (Å²) in [6.07, 6.45) is 0.486. The summed E-state index contributed by atoms with van der Waals surface area (Å²) in [4.78, 5) is 10.9. The number of rotatable bonds is 11. The zero-order valence-corrected chi connectivity index (χ0v) is 19.9. The van der Waals surface area contributed by atoms with Crippen LogP contribution in [0.4, 0.5) is 0 Å². The van der Waals surface area contributed by atoms with Gasteiger partial charge in [-0.25, -0.2) is 17.9 Å². The molecule has 0 saturated heterocycles. The number of nitrogens with one attached hydrogen (secondary N) is 1. The van der Waals surface area contributed by atoms with Gasteiger partial charge in [0.05, 0.1) is 5.75 Å². The molecule has 0 unspecified atom stereocenters. The minimum absolute atomic E-state index is 0.0518. The summed E-state index contributed by atoms with van der Waals surface area (Å²) in [5.41, 5.74) is 2.85. The van der Waals surface area contributed by atoms with Crippen LogP contribution in [0, 0.1) is 0 Å². The largest absolute Gasteiger partial charge is 0.481 e. The number of carbonyl (C=O) groups is 1. The van der Waals surface area contributed by atoms with Crippen LogP contribution in [0.25, 0.3) is 10.8 Å². The molecule has 180 valence electrons. The quantitative estimate of drug-likeness (QED) is 0.321. The summed E-state index contributed by atoms with van der Waals surface area (Å²) in [5.74, 6) is -0.886. The first-order valence-corrected chi connectivity index (χ1v) is 13.0. The molecular formula is C28H27NO5S. The summed E-state index contributed by atoms with van der Waals surface area (Å²) < 4.78 is 34.3. The lowest BCUT2D eigenvalue weighted by Crippen LogP contribution is -2.31. The molecule has 0 saturated carbocycles. The van der Waals surface area contributed by atoms with Crippen molar-refractivity contribution in [2.45, 2.75) is 12.3 Å². The van der Waals surface area contributed by atoms with Gasteiger partial charge in [-0.1, -0.05) is 91.0 Å². The van der Waals surface area contributed by atoms with E-state index in [0.717, 1.165) is 27.5 Å². The second kappa shape index (κ2) is 11.2. The van der Waals surface area contributed by atoms with E-state index in [1.54, 1.807) is 12.1 Å². The van der Waals surface area contributed by atoms with E-state index < -0.39 is 22.6 Å². The van der Waals surface area contributed by atoms with Gasteiger partial charge in [-0.2, -0.15) is 0 Å². The van der Waals surface area contributed by atoms with Gasteiger partial charge in [-0.3, -0.25) is 0 Å². The smallest absolute Gasteiger partial charge is 0.341 e. The third-order valence-electron chi connectivity index (χ3n) is 5.83. The van der Waals surface area contributed by atoms with E-state index in [4.69, 9.17) is 9.84 Å². The zero-order valence-electron chi connectivity index (χ0n) is 19.1. The molecule has 0 spiro atoms. The fourth-order valence-electron chi connectivity index (χ4n) is 4.20. The number of carboxylic acids is 1. The van der Waals surface area contributed by atoms with Crippen LogP contribution in [-0.4, -0.2) is 38.4 Å². The maximum absolute atomic E-state index is 13.1. The molecule has 4 aromatic carbocycles. The van der Waals surface area contributed by atoms with E-state index in [-0.39, 0.29) is 18.2 Å². The average Bonchev–Trinajstić information content (AvgIpc) is 2.87. The molecule has 35 heavy (non-hydrogen) atoms. The van der Waals surface area contributed by atoms with Crippen LogP contribution in [0.15, 0.2) is 97.1 Å². The normalized spacial score (nSPS) is 11.6. The third kappa shape index (κ3) is 6.47. The van der Waals surface area contributed by atoms with Crippen molar-refractivity contribution in [2.24, 2.45) is 0 Å². The highest BCUT2D eigenvalue weighted by molar-refractivity contribution is 7.89. The average molecular weight is 490 g/mol. The molecule has 0 amide bonds. The maximum atomic E-state index is 13.1. The molecule has 0 heterocycles. The van der Waals surface area contributed by atoms with Gasteiger partial charge in [-0.05, 0) is 34.6 Å². The van der Waals surface area contributed by atoms with Crippen LogP contribution in [0.1, 0.15) is 22.6 Å². The Kier molecular flexibility index (Phi) is 7.80. The van der Waals surface area contributed by atoms with Gasteiger partial charge in [0.15, 0.2) is 6.61 Å². The molecule has 0 aliphatic heterocycles. The monoisotopic (exact) mass is 489 g/mol. The van der Waals surface area contributed by atoms with Crippen LogP contribution in [0.5, 0.6) is 5.75 Å². The van der Waals surface area contributed by atoms with Crippen molar-refractivity contribution < 1.29 is 23.1 Å². The molecule has 2 N–H and O–H groups in total. The third-order valence-corrected chi connectivity index (χ3v) is 7.25. The summed E-state index contributed by atoms with van der Waals surface area (Å²) in [6.45, 7) is -0.176. The Morgan fingerprint density at radius 2 is 1.40 bits per heavy atom. The molecule has 0 aliphatic carbocycles. The summed E-state index contributed by atoms with van der Waals surface area (Å²) in [7, 11) is -3.57. The SMILES string of the molecule is O=C(O)COc1cccc2c(CCNS(=O)(=O)CC(c3ccccc3)c3ccccc3)cccc12. The second-order valence-corrected chi connectivity index (χ2v) is 10.1. The number of sulfonamides is 1. The minimum atomic E-state index is -3.57. The molecule has 0 aromatic heterocycles. The lowest BCUT2D eigenvalue weighted by Gasteiger charge is -2.19. The van der Waals surface area contributed by atoms with Gasteiger partial charge in [0.2, 0.25) is 10.0 Å². The van der Waals surface area contributed by atoms with Gasteiger partial charge in [0.25, 0.3) is 0 Å². The van der Waals surface area contributed by atoms with E-state index in [0.29, 0.717) is 12.2 Å². The number of hydrogen-bond acceptors (Lipinski definition) is 4. The molecule has 0 fully saturated rings. The number of fused-ring (bicyclic) bond motifs is 1. The molecule has 7 heteroatoms. The first kappa shape index (κ1) is 24.4. The number of ether oxygens (including phenoxy) is 1. The van der Waals surface area contributed by atoms with Crippen molar-refractivity contribution in [2.75, 3.05) is 18.9 Å². The molecule has 0 bridgehead atoms. The van der Waals surface area contributed by atoms with Gasteiger partial charge >= 0.3 is 5.97 Å². The number of carboxylic acid groups (broad SMARTS) is 1. The Hall–Kier alpha value is -3.68. The van der Waals surface area contributed by atoms with Crippen molar-refractivity contribution in [3.63, 3.8) is 0 Å². The Bertz CT molecular complexity index is 1350. The highest BCUT2D eigenvalue weighted by Gasteiger charge is 2.22. The van der Waals surface area contributed by atoms with Crippen LogP contribution in [-0.2, 0) is 21.2 Å². The van der Waals surface area contributed by atoms with Crippen molar-refractivity contribution in [1.82, 2.24) is 4.72 Å². The zero-order chi connectivity index (χ0) is 24.7.